The zero-order chi connectivity index (χ0) is 24.1. The van der Waals surface area contributed by atoms with E-state index in [9.17, 15) is 14.4 Å². The van der Waals surface area contributed by atoms with Crippen molar-refractivity contribution in [3.05, 3.63) is 73.8 Å². The van der Waals surface area contributed by atoms with Crippen molar-refractivity contribution in [1.82, 2.24) is 29.3 Å². The zero-order valence-corrected chi connectivity index (χ0v) is 19.7. The van der Waals surface area contributed by atoms with Crippen molar-refractivity contribution < 1.29 is 4.79 Å². The van der Waals surface area contributed by atoms with Crippen molar-refractivity contribution in [3.8, 4) is 5.69 Å². The summed E-state index contributed by atoms with van der Waals surface area (Å²) < 4.78 is 3.28. The number of hydrogen-bond acceptors (Lipinski definition) is 7. The Bertz CT molecular complexity index is 1740. The van der Waals surface area contributed by atoms with Gasteiger partial charge in [0.15, 0.2) is 5.65 Å². The number of rotatable bonds is 3. The monoisotopic (exact) mass is 487 g/mol. The number of nitrogens with one attached hydrogen (secondary N) is 2. The maximum absolute atomic E-state index is 13.4. The molecule has 11 heteroatoms. The van der Waals surface area contributed by atoms with Gasteiger partial charge in [0.05, 0.1) is 34.2 Å². The molecule has 6 rings (SSSR count). The van der Waals surface area contributed by atoms with Gasteiger partial charge in [-0.25, -0.2) is 14.6 Å². The highest BCUT2D eigenvalue weighted by Gasteiger charge is 2.23. The zero-order valence-electron chi connectivity index (χ0n) is 18.9. The third kappa shape index (κ3) is 3.46. The van der Waals surface area contributed by atoms with Crippen molar-refractivity contribution in [2.24, 2.45) is 0 Å². The lowest BCUT2D eigenvalue weighted by Crippen LogP contribution is -2.24. The smallest absolute Gasteiger partial charge is 0.266 e. The molecular formula is C24H21N7O3S. The minimum absolute atomic E-state index is 0.0700. The summed E-state index contributed by atoms with van der Waals surface area (Å²) in [6, 6.07) is 7.15. The maximum Gasteiger partial charge on any atom is 0.266 e. The normalized spacial score (nSPS) is 13.6. The first kappa shape index (κ1) is 21.4. The van der Waals surface area contributed by atoms with Crippen molar-refractivity contribution in [3.63, 3.8) is 0 Å². The Kier molecular flexibility index (Phi) is 5.06. The van der Waals surface area contributed by atoms with Gasteiger partial charge in [-0.3, -0.25) is 19.0 Å². The van der Waals surface area contributed by atoms with E-state index in [1.54, 1.807) is 29.7 Å². The molecule has 0 saturated carbocycles. The first-order chi connectivity index (χ1) is 17.0. The molecule has 0 unspecified atom stereocenters. The Balaban J connectivity index is 1.41. The number of nitrogens with zero attached hydrogens (tertiary/aromatic N) is 5. The van der Waals surface area contributed by atoms with E-state index in [0.29, 0.717) is 49.6 Å². The van der Waals surface area contributed by atoms with Gasteiger partial charge in [0.25, 0.3) is 17.0 Å². The molecule has 1 aliphatic rings. The molecular weight excluding hydrogens is 466 g/mol. The standard InChI is InChI=1S/C24H21N7O3S/c1-13-18-23(29-17-9-3-2-6-10-30(17)24(18)34)35-19(13)22(33)28-15-7-4-5-8-16(15)31-20-14(11-27-31)21(32)26-12-25-20/h4-5,7-8,11-12H,2-3,6,9-10H2,1H3,(H,28,33)(H,25,26,32). The van der Waals surface area contributed by atoms with E-state index in [-0.39, 0.29) is 17.0 Å². The van der Waals surface area contributed by atoms with Gasteiger partial charge in [-0.2, -0.15) is 5.10 Å². The van der Waals surface area contributed by atoms with E-state index < -0.39 is 0 Å². The molecule has 1 aliphatic heterocycles. The number of thiophene rings is 1. The van der Waals surface area contributed by atoms with Gasteiger partial charge in [-0.15, -0.1) is 11.3 Å². The van der Waals surface area contributed by atoms with Crippen LogP contribution in [0, 0.1) is 6.92 Å². The van der Waals surface area contributed by atoms with Gasteiger partial charge >= 0.3 is 0 Å². The predicted octanol–water partition coefficient (Wildman–Crippen LogP) is 3.17. The van der Waals surface area contributed by atoms with Crippen molar-refractivity contribution in [2.75, 3.05) is 5.32 Å². The highest BCUT2D eigenvalue weighted by Crippen LogP contribution is 2.30. The summed E-state index contributed by atoms with van der Waals surface area (Å²) in [4.78, 5) is 51.3. The number of benzene rings is 1. The Hall–Kier alpha value is -4.12. The summed E-state index contributed by atoms with van der Waals surface area (Å²) in [6.45, 7) is 2.46. The van der Waals surface area contributed by atoms with Gasteiger partial charge in [0, 0.05) is 13.0 Å². The van der Waals surface area contributed by atoms with E-state index in [4.69, 9.17) is 4.98 Å². The summed E-state index contributed by atoms with van der Waals surface area (Å²) in [7, 11) is 0. The highest BCUT2D eigenvalue weighted by atomic mass is 32.1. The molecule has 0 saturated heterocycles. The fourth-order valence-corrected chi connectivity index (χ4v) is 5.69. The molecule has 0 spiro atoms. The number of fused-ring (bicyclic) bond motifs is 3. The fourth-order valence-electron chi connectivity index (χ4n) is 4.60. The molecule has 1 amide bonds. The van der Waals surface area contributed by atoms with E-state index in [0.717, 1.165) is 31.5 Å². The first-order valence-corrected chi connectivity index (χ1v) is 12.2. The fraction of sp³-hybridized carbons (Fsp3) is 0.250. The second kappa shape index (κ2) is 8.27. The van der Waals surface area contributed by atoms with Gasteiger partial charge in [0.1, 0.15) is 16.0 Å². The van der Waals surface area contributed by atoms with Gasteiger partial charge in [-0.05, 0) is 37.5 Å². The molecule has 0 fully saturated rings. The maximum atomic E-state index is 13.4. The van der Waals surface area contributed by atoms with Crippen LogP contribution in [0.4, 0.5) is 5.69 Å². The number of carbonyl (C=O) groups is 1. The van der Waals surface area contributed by atoms with E-state index >= 15 is 0 Å². The molecule has 0 atom stereocenters. The minimum Gasteiger partial charge on any atom is -0.319 e. The van der Waals surface area contributed by atoms with Crippen LogP contribution in [0.25, 0.3) is 26.9 Å². The summed E-state index contributed by atoms with van der Waals surface area (Å²) in [5.74, 6) is 0.464. The summed E-state index contributed by atoms with van der Waals surface area (Å²) in [6.07, 6.45) is 6.58. The minimum atomic E-state index is -0.334. The van der Waals surface area contributed by atoms with Gasteiger partial charge in [0.2, 0.25) is 0 Å². The summed E-state index contributed by atoms with van der Waals surface area (Å²) >= 11 is 1.24. The SMILES string of the molecule is Cc1c(C(=O)Nc2ccccc2-n2ncc3c(=O)[nH]cnc32)sc2nc3n(c(=O)c12)CCCCC3. The molecule has 5 aromatic rings. The molecule has 1 aromatic carbocycles. The quantitative estimate of drug-likeness (QED) is 0.402. The predicted molar refractivity (Wildman–Crippen MR) is 134 cm³/mol. The number of aromatic amines is 1. The second-order valence-electron chi connectivity index (χ2n) is 8.53. The van der Waals surface area contributed by atoms with Crippen LogP contribution in [0.1, 0.15) is 40.3 Å². The number of H-pyrrole nitrogens is 1. The van der Waals surface area contributed by atoms with Gasteiger partial charge < -0.3 is 10.3 Å². The van der Waals surface area contributed by atoms with Crippen LogP contribution in [0.2, 0.25) is 0 Å². The Morgan fingerprint density at radius 2 is 2.03 bits per heavy atom. The Morgan fingerprint density at radius 1 is 1.17 bits per heavy atom. The highest BCUT2D eigenvalue weighted by molar-refractivity contribution is 7.20. The number of para-hydroxylation sites is 2. The molecule has 5 heterocycles. The van der Waals surface area contributed by atoms with E-state index in [1.165, 1.54) is 28.5 Å². The number of aryl methyl sites for hydroxylation is 2. The van der Waals surface area contributed by atoms with Crippen LogP contribution in [0.3, 0.4) is 0 Å². The third-order valence-electron chi connectivity index (χ3n) is 6.37. The van der Waals surface area contributed by atoms with Crippen LogP contribution in [-0.4, -0.2) is 35.2 Å². The molecule has 35 heavy (non-hydrogen) atoms. The van der Waals surface area contributed by atoms with Gasteiger partial charge in [-0.1, -0.05) is 18.6 Å². The van der Waals surface area contributed by atoms with E-state index in [2.05, 4.69) is 20.4 Å². The molecule has 176 valence electrons. The lowest BCUT2D eigenvalue weighted by atomic mass is 10.2. The first-order valence-electron chi connectivity index (χ1n) is 11.4. The summed E-state index contributed by atoms with van der Waals surface area (Å²) in [5, 5.41) is 8.13. The average Bonchev–Trinajstić information content (AvgIpc) is 3.33. The topological polar surface area (TPSA) is 128 Å². The number of carbonyl (C=O) groups excluding carboxylic acids is 1. The molecule has 0 aliphatic carbocycles. The molecule has 0 bridgehead atoms. The number of amides is 1. The van der Waals surface area contributed by atoms with Crippen molar-refractivity contribution in [2.45, 2.75) is 39.2 Å². The number of hydrogen-bond donors (Lipinski definition) is 2. The van der Waals surface area contributed by atoms with Crippen molar-refractivity contribution in [1.29, 1.82) is 0 Å². The van der Waals surface area contributed by atoms with Crippen LogP contribution in [0.15, 0.2) is 46.4 Å². The van der Waals surface area contributed by atoms with Crippen LogP contribution in [-0.2, 0) is 13.0 Å². The van der Waals surface area contributed by atoms with E-state index in [1.807, 2.05) is 6.07 Å². The lowest BCUT2D eigenvalue weighted by Gasteiger charge is -2.11. The average molecular weight is 488 g/mol. The van der Waals surface area contributed by atoms with Crippen molar-refractivity contribution >= 4 is 44.2 Å². The Morgan fingerprint density at radius 3 is 2.91 bits per heavy atom. The molecule has 10 nitrogen and oxygen atoms in total. The lowest BCUT2D eigenvalue weighted by molar-refractivity contribution is 0.103. The largest absolute Gasteiger partial charge is 0.319 e. The number of anilines is 1. The third-order valence-corrected chi connectivity index (χ3v) is 7.55. The second-order valence-corrected chi connectivity index (χ2v) is 9.53. The molecule has 2 N–H and O–H groups in total. The Labute approximate surface area is 202 Å². The molecule has 0 radical (unpaired) electrons. The van der Waals surface area contributed by atoms with Crippen LogP contribution < -0.4 is 16.4 Å². The van der Waals surface area contributed by atoms with Crippen LogP contribution in [0.5, 0.6) is 0 Å². The van der Waals surface area contributed by atoms with Crippen LogP contribution >= 0.6 is 11.3 Å². The molecule has 4 aromatic heterocycles. The summed E-state index contributed by atoms with van der Waals surface area (Å²) in [5.41, 5.74) is 1.72. The number of aromatic nitrogens is 6.